The van der Waals surface area contributed by atoms with Crippen LogP contribution in [0, 0.1) is 0 Å². The Labute approximate surface area is 123 Å². The lowest BCUT2D eigenvalue weighted by atomic mass is 10.1. The maximum absolute atomic E-state index is 11.5. The molecule has 0 heterocycles. The molecule has 4 heteroatoms. The lowest BCUT2D eigenvalue weighted by molar-refractivity contribution is -0.121. The Kier molecular flexibility index (Phi) is 8.14. The molecule has 0 spiro atoms. The van der Waals surface area contributed by atoms with Crippen LogP contribution in [0.2, 0.25) is 0 Å². The number of carbonyl (C=O) groups excluding carboxylic acids is 1. The Balaban J connectivity index is 2.17. The van der Waals surface area contributed by atoms with E-state index in [2.05, 4.69) is 33.4 Å². The van der Waals surface area contributed by atoms with Crippen molar-refractivity contribution < 1.29 is 4.79 Å². The normalized spacial score (nSPS) is 10.8. The van der Waals surface area contributed by atoms with Crippen LogP contribution in [0.25, 0.3) is 0 Å². The quantitative estimate of drug-likeness (QED) is 0.433. The summed E-state index contributed by atoms with van der Waals surface area (Å²) in [6, 6.07) is 7.75. The Morgan fingerprint density at radius 3 is 2.58 bits per heavy atom. The number of hydrogen-bond donors (Lipinski definition) is 1. The van der Waals surface area contributed by atoms with Gasteiger partial charge < -0.3 is 0 Å². The van der Waals surface area contributed by atoms with Crippen molar-refractivity contribution in [3.05, 3.63) is 34.3 Å². The number of nitrogens with one attached hydrogen (secondary N) is 1. The van der Waals surface area contributed by atoms with E-state index in [1.165, 1.54) is 19.3 Å². The zero-order chi connectivity index (χ0) is 13.9. The fourth-order valence-electron chi connectivity index (χ4n) is 1.67. The summed E-state index contributed by atoms with van der Waals surface area (Å²) in [4.78, 5) is 11.5. The van der Waals surface area contributed by atoms with Gasteiger partial charge in [0.25, 0.3) is 0 Å². The molecule has 0 aliphatic carbocycles. The number of unbranched alkanes of at least 4 members (excludes halogenated alkanes) is 4. The largest absolute Gasteiger partial charge is 0.273 e. The number of amides is 1. The van der Waals surface area contributed by atoms with Gasteiger partial charge in [0.1, 0.15) is 0 Å². The molecule has 1 aromatic carbocycles. The molecule has 1 aromatic rings. The Hall–Kier alpha value is -1.16. The maximum Gasteiger partial charge on any atom is 0.240 e. The number of hydrazone groups is 1. The minimum atomic E-state index is -0.00939. The van der Waals surface area contributed by atoms with Crippen molar-refractivity contribution in [2.75, 3.05) is 0 Å². The first-order valence-electron chi connectivity index (χ1n) is 6.80. The number of rotatable bonds is 8. The zero-order valence-corrected chi connectivity index (χ0v) is 12.9. The second-order valence-electron chi connectivity index (χ2n) is 4.51. The molecule has 0 unspecified atom stereocenters. The Bertz CT molecular complexity index is 401. The molecule has 104 valence electrons. The van der Waals surface area contributed by atoms with Gasteiger partial charge in [-0.15, -0.1) is 0 Å². The van der Waals surface area contributed by atoms with Crippen molar-refractivity contribution in [1.82, 2.24) is 5.43 Å². The van der Waals surface area contributed by atoms with Crippen molar-refractivity contribution in [3.63, 3.8) is 0 Å². The summed E-state index contributed by atoms with van der Waals surface area (Å²) in [5.41, 5.74) is 3.52. The van der Waals surface area contributed by atoms with Crippen LogP contribution in [0.1, 0.15) is 51.0 Å². The van der Waals surface area contributed by atoms with Gasteiger partial charge >= 0.3 is 0 Å². The first-order chi connectivity index (χ1) is 9.22. The molecule has 0 saturated heterocycles. The van der Waals surface area contributed by atoms with Crippen LogP contribution in [0.3, 0.4) is 0 Å². The van der Waals surface area contributed by atoms with Gasteiger partial charge in [0, 0.05) is 10.9 Å². The average molecular weight is 325 g/mol. The molecule has 1 amide bonds. The van der Waals surface area contributed by atoms with E-state index in [0.29, 0.717) is 6.42 Å². The highest BCUT2D eigenvalue weighted by molar-refractivity contribution is 9.10. The summed E-state index contributed by atoms with van der Waals surface area (Å²) in [5, 5.41) is 3.95. The smallest absolute Gasteiger partial charge is 0.240 e. The van der Waals surface area contributed by atoms with E-state index in [1.54, 1.807) is 6.21 Å². The van der Waals surface area contributed by atoms with Crippen molar-refractivity contribution >= 4 is 28.1 Å². The van der Waals surface area contributed by atoms with Crippen LogP contribution in [-0.4, -0.2) is 12.1 Å². The highest BCUT2D eigenvalue weighted by Gasteiger charge is 1.98. The van der Waals surface area contributed by atoms with Gasteiger partial charge in [-0.1, -0.05) is 60.7 Å². The third-order valence-electron chi connectivity index (χ3n) is 2.78. The molecule has 0 fully saturated rings. The van der Waals surface area contributed by atoms with E-state index in [4.69, 9.17) is 0 Å². The van der Waals surface area contributed by atoms with E-state index >= 15 is 0 Å². The number of hydrogen-bond acceptors (Lipinski definition) is 2. The second kappa shape index (κ2) is 9.73. The number of nitrogens with zero attached hydrogens (tertiary/aromatic N) is 1. The maximum atomic E-state index is 11.5. The lowest BCUT2D eigenvalue weighted by Crippen LogP contribution is -2.16. The number of carbonyl (C=O) groups is 1. The monoisotopic (exact) mass is 324 g/mol. The molecule has 3 nitrogen and oxygen atoms in total. The SMILES string of the molecule is CCCCCCCC(=O)N/N=C/c1ccc(Br)cc1. The molecular formula is C15H21BrN2O. The van der Waals surface area contributed by atoms with Gasteiger partial charge in [0.15, 0.2) is 0 Å². The van der Waals surface area contributed by atoms with E-state index in [1.807, 2.05) is 24.3 Å². The fourth-order valence-corrected chi connectivity index (χ4v) is 1.94. The molecule has 0 saturated carbocycles. The highest BCUT2D eigenvalue weighted by Crippen LogP contribution is 2.09. The fraction of sp³-hybridized carbons (Fsp3) is 0.467. The molecule has 0 bridgehead atoms. The van der Waals surface area contributed by atoms with Crippen LogP contribution < -0.4 is 5.43 Å². The molecule has 0 radical (unpaired) electrons. The Morgan fingerprint density at radius 1 is 1.21 bits per heavy atom. The van der Waals surface area contributed by atoms with Crippen molar-refractivity contribution in [2.45, 2.75) is 45.4 Å². The number of benzene rings is 1. The number of halogens is 1. The minimum absolute atomic E-state index is 0.00939. The van der Waals surface area contributed by atoms with Crippen molar-refractivity contribution in [2.24, 2.45) is 5.10 Å². The van der Waals surface area contributed by atoms with Crippen LogP contribution in [0.4, 0.5) is 0 Å². The van der Waals surface area contributed by atoms with Gasteiger partial charge in [0.2, 0.25) is 5.91 Å². The van der Waals surface area contributed by atoms with Crippen LogP contribution >= 0.6 is 15.9 Å². The molecule has 1 N–H and O–H groups in total. The summed E-state index contributed by atoms with van der Waals surface area (Å²) < 4.78 is 1.03. The third-order valence-corrected chi connectivity index (χ3v) is 3.31. The Morgan fingerprint density at radius 2 is 1.89 bits per heavy atom. The zero-order valence-electron chi connectivity index (χ0n) is 11.4. The van der Waals surface area contributed by atoms with Crippen LogP contribution in [-0.2, 0) is 4.79 Å². The first kappa shape index (κ1) is 15.9. The van der Waals surface area contributed by atoms with Crippen molar-refractivity contribution in [1.29, 1.82) is 0 Å². The predicted molar refractivity (Wildman–Crippen MR) is 83.3 cm³/mol. The van der Waals surface area contributed by atoms with Gasteiger partial charge in [0.05, 0.1) is 6.21 Å². The standard InChI is InChI=1S/C15H21BrN2O/c1-2-3-4-5-6-7-15(19)18-17-12-13-8-10-14(16)11-9-13/h8-12H,2-7H2,1H3,(H,18,19)/b17-12+. The second-order valence-corrected chi connectivity index (χ2v) is 5.42. The van der Waals surface area contributed by atoms with Crippen LogP contribution in [0.15, 0.2) is 33.8 Å². The lowest BCUT2D eigenvalue weighted by Gasteiger charge is -2.00. The minimum Gasteiger partial charge on any atom is -0.273 e. The molecule has 0 aromatic heterocycles. The van der Waals surface area contributed by atoms with Gasteiger partial charge in [-0.05, 0) is 24.1 Å². The molecular weight excluding hydrogens is 304 g/mol. The van der Waals surface area contributed by atoms with E-state index in [0.717, 1.165) is 22.9 Å². The third kappa shape index (κ3) is 7.78. The van der Waals surface area contributed by atoms with Crippen molar-refractivity contribution in [3.8, 4) is 0 Å². The van der Waals surface area contributed by atoms with Crippen LogP contribution in [0.5, 0.6) is 0 Å². The molecule has 0 atom stereocenters. The van der Waals surface area contributed by atoms with E-state index in [9.17, 15) is 4.79 Å². The summed E-state index contributed by atoms with van der Waals surface area (Å²) in [5.74, 6) is -0.00939. The summed E-state index contributed by atoms with van der Waals surface area (Å²) >= 11 is 3.37. The molecule has 1 rings (SSSR count). The highest BCUT2D eigenvalue weighted by atomic mass is 79.9. The molecule has 0 aliphatic rings. The summed E-state index contributed by atoms with van der Waals surface area (Å²) in [7, 11) is 0. The molecule has 0 aliphatic heterocycles. The first-order valence-corrected chi connectivity index (χ1v) is 7.59. The van der Waals surface area contributed by atoms with Gasteiger partial charge in [-0.25, -0.2) is 5.43 Å². The van der Waals surface area contributed by atoms with E-state index < -0.39 is 0 Å². The predicted octanol–water partition coefficient (Wildman–Crippen LogP) is 4.26. The summed E-state index contributed by atoms with van der Waals surface area (Å²) in [6.45, 7) is 2.18. The van der Waals surface area contributed by atoms with Gasteiger partial charge in [-0.2, -0.15) is 5.10 Å². The summed E-state index contributed by atoms with van der Waals surface area (Å²) in [6.07, 6.45) is 7.97. The van der Waals surface area contributed by atoms with Gasteiger partial charge in [-0.3, -0.25) is 4.79 Å². The average Bonchev–Trinajstić information content (AvgIpc) is 2.41. The van der Waals surface area contributed by atoms with E-state index in [-0.39, 0.29) is 5.91 Å². The molecule has 19 heavy (non-hydrogen) atoms. The topological polar surface area (TPSA) is 41.5 Å².